The summed E-state index contributed by atoms with van der Waals surface area (Å²) in [4.78, 5) is 29.3. The number of rotatable bonds is 11. The van der Waals surface area contributed by atoms with Gasteiger partial charge in [-0.05, 0) is 95.0 Å². The van der Waals surface area contributed by atoms with Crippen molar-refractivity contribution in [1.82, 2.24) is 10.2 Å². The maximum atomic E-state index is 14.3. The van der Waals surface area contributed by atoms with E-state index in [9.17, 15) is 18.0 Å². The van der Waals surface area contributed by atoms with Gasteiger partial charge < -0.3 is 15.0 Å². The highest BCUT2D eigenvalue weighted by Crippen LogP contribution is 2.29. The summed E-state index contributed by atoms with van der Waals surface area (Å²) in [5.41, 5.74) is 3.21. The second kappa shape index (κ2) is 13.4. The molecule has 0 heterocycles. The van der Waals surface area contributed by atoms with Gasteiger partial charge in [-0.3, -0.25) is 13.9 Å². The molecule has 1 atom stereocenters. The first-order valence-corrected chi connectivity index (χ1v) is 15.5. The summed E-state index contributed by atoms with van der Waals surface area (Å²) in [6.07, 6.45) is 0.339. The van der Waals surface area contributed by atoms with Crippen molar-refractivity contribution in [1.29, 1.82) is 0 Å². The average molecular weight is 594 g/mol. The van der Waals surface area contributed by atoms with Gasteiger partial charge in [0.2, 0.25) is 11.8 Å². The Labute approximate surface area is 250 Å². The Hall–Kier alpha value is -3.85. The van der Waals surface area contributed by atoms with Crippen molar-refractivity contribution in [2.75, 3.05) is 18.0 Å². The van der Waals surface area contributed by atoms with E-state index < -0.39 is 34.1 Å². The number of aryl methyl sites for hydroxylation is 2. The van der Waals surface area contributed by atoms with E-state index in [0.717, 1.165) is 26.6 Å². The predicted octanol–water partition coefficient (Wildman–Crippen LogP) is 5.54. The van der Waals surface area contributed by atoms with Crippen LogP contribution in [0.25, 0.3) is 0 Å². The molecule has 8 nitrogen and oxygen atoms in total. The molecule has 2 amide bonds. The maximum absolute atomic E-state index is 14.3. The molecule has 1 N–H and O–H groups in total. The molecule has 0 bridgehead atoms. The third-order valence-electron chi connectivity index (χ3n) is 7.10. The van der Waals surface area contributed by atoms with Crippen LogP contribution >= 0.6 is 0 Å². The van der Waals surface area contributed by atoms with Crippen LogP contribution in [-0.2, 0) is 26.2 Å². The summed E-state index contributed by atoms with van der Waals surface area (Å²) >= 11 is 0. The lowest BCUT2D eigenvalue weighted by atomic mass is 10.1. The summed E-state index contributed by atoms with van der Waals surface area (Å²) in [6.45, 7) is 12.7. The van der Waals surface area contributed by atoms with Gasteiger partial charge >= 0.3 is 0 Å². The molecular formula is C33H43N3O5S. The van der Waals surface area contributed by atoms with Crippen LogP contribution in [0, 0.1) is 20.8 Å². The van der Waals surface area contributed by atoms with Crippen LogP contribution in [0.5, 0.6) is 5.75 Å². The monoisotopic (exact) mass is 593 g/mol. The van der Waals surface area contributed by atoms with E-state index in [1.165, 1.54) is 4.90 Å². The molecule has 3 aromatic rings. The molecule has 9 heteroatoms. The number of carbonyl (C=O) groups excluding carboxylic acids is 2. The summed E-state index contributed by atoms with van der Waals surface area (Å²) < 4.78 is 34.8. The van der Waals surface area contributed by atoms with Gasteiger partial charge in [-0.15, -0.1) is 0 Å². The third-order valence-corrected chi connectivity index (χ3v) is 8.88. The first-order valence-electron chi connectivity index (χ1n) is 14.1. The Morgan fingerprint density at radius 3 is 2.19 bits per heavy atom. The van der Waals surface area contributed by atoms with Gasteiger partial charge in [0.15, 0.2) is 0 Å². The van der Waals surface area contributed by atoms with Crippen molar-refractivity contribution >= 4 is 27.5 Å². The number of amides is 2. The second-order valence-corrected chi connectivity index (χ2v) is 13.4. The highest BCUT2D eigenvalue weighted by molar-refractivity contribution is 7.92. The molecule has 0 aliphatic carbocycles. The minimum Gasteiger partial charge on any atom is -0.497 e. The molecule has 0 radical (unpaired) electrons. The average Bonchev–Trinajstić information content (AvgIpc) is 2.92. The normalized spacial score (nSPS) is 12.4. The minimum absolute atomic E-state index is 0.0821. The number of ether oxygens (including phenoxy) is 1. The first kappa shape index (κ1) is 32.7. The van der Waals surface area contributed by atoms with Crippen LogP contribution in [-0.4, -0.2) is 50.4 Å². The highest BCUT2D eigenvalue weighted by atomic mass is 32.2. The van der Waals surface area contributed by atoms with E-state index in [0.29, 0.717) is 17.9 Å². The minimum atomic E-state index is -4.14. The van der Waals surface area contributed by atoms with Gasteiger partial charge in [0, 0.05) is 12.1 Å². The van der Waals surface area contributed by atoms with Gasteiger partial charge in [-0.25, -0.2) is 8.42 Å². The number of sulfonamides is 1. The fourth-order valence-electron chi connectivity index (χ4n) is 4.70. The van der Waals surface area contributed by atoms with E-state index in [1.807, 2.05) is 66.7 Å². The van der Waals surface area contributed by atoms with Crippen LogP contribution < -0.4 is 14.4 Å². The molecule has 42 heavy (non-hydrogen) atoms. The van der Waals surface area contributed by atoms with E-state index in [-0.39, 0.29) is 17.3 Å². The van der Waals surface area contributed by atoms with Gasteiger partial charge in [0.05, 0.1) is 17.7 Å². The van der Waals surface area contributed by atoms with Crippen molar-refractivity contribution < 1.29 is 22.7 Å². The van der Waals surface area contributed by atoms with Crippen molar-refractivity contribution in [3.63, 3.8) is 0 Å². The van der Waals surface area contributed by atoms with Crippen LogP contribution in [0.15, 0.2) is 71.6 Å². The lowest BCUT2D eigenvalue weighted by molar-refractivity contribution is -0.141. The van der Waals surface area contributed by atoms with Crippen molar-refractivity contribution in [2.45, 2.75) is 77.9 Å². The van der Waals surface area contributed by atoms with Crippen LogP contribution in [0.1, 0.15) is 56.4 Å². The summed E-state index contributed by atoms with van der Waals surface area (Å²) in [7, 11) is -2.58. The number of benzene rings is 3. The number of carbonyl (C=O) groups is 2. The van der Waals surface area contributed by atoms with Crippen molar-refractivity contribution in [3.05, 3.63) is 89.0 Å². The number of anilines is 1. The number of nitrogens with one attached hydrogen (secondary N) is 1. The second-order valence-electron chi connectivity index (χ2n) is 11.6. The van der Waals surface area contributed by atoms with Crippen LogP contribution in [0.2, 0.25) is 0 Å². The van der Waals surface area contributed by atoms with Crippen molar-refractivity contribution in [2.24, 2.45) is 0 Å². The fraction of sp³-hybridized carbons (Fsp3) is 0.394. The zero-order chi connectivity index (χ0) is 31.2. The smallest absolute Gasteiger partial charge is 0.264 e. The molecule has 0 spiro atoms. The molecule has 226 valence electrons. The van der Waals surface area contributed by atoms with Gasteiger partial charge in [-0.1, -0.05) is 48.9 Å². The number of hydrogen-bond acceptors (Lipinski definition) is 5. The third kappa shape index (κ3) is 7.91. The van der Waals surface area contributed by atoms with Gasteiger partial charge in [0.25, 0.3) is 10.0 Å². The Morgan fingerprint density at radius 1 is 0.952 bits per heavy atom. The van der Waals surface area contributed by atoms with Crippen molar-refractivity contribution in [3.8, 4) is 5.75 Å². The molecule has 0 aliphatic heterocycles. The molecule has 0 aromatic heterocycles. The predicted molar refractivity (Wildman–Crippen MR) is 167 cm³/mol. The first-order chi connectivity index (χ1) is 19.7. The zero-order valence-electron chi connectivity index (χ0n) is 25.9. The molecule has 0 fully saturated rings. The molecular weight excluding hydrogens is 550 g/mol. The quantitative estimate of drug-likeness (QED) is 0.315. The Morgan fingerprint density at radius 2 is 1.60 bits per heavy atom. The van der Waals surface area contributed by atoms with Crippen LogP contribution in [0.4, 0.5) is 5.69 Å². The number of hydrogen-bond donors (Lipinski definition) is 1. The maximum Gasteiger partial charge on any atom is 0.264 e. The molecule has 0 aliphatic rings. The number of nitrogens with zero attached hydrogens (tertiary/aromatic N) is 2. The molecule has 0 saturated carbocycles. The summed E-state index contributed by atoms with van der Waals surface area (Å²) in [5.74, 6) is -0.183. The van der Waals surface area contributed by atoms with E-state index in [1.54, 1.807) is 55.6 Å². The lowest BCUT2D eigenvalue weighted by Gasteiger charge is -2.35. The zero-order valence-corrected chi connectivity index (χ0v) is 26.7. The van der Waals surface area contributed by atoms with E-state index >= 15 is 0 Å². The lowest BCUT2D eigenvalue weighted by Crippen LogP contribution is -2.55. The van der Waals surface area contributed by atoms with Gasteiger partial charge in [-0.2, -0.15) is 0 Å². The summed E-state index contributed by atoms with van der Waals surface area (Å²) in [6, 6.07) is 18.4. The molecule has 3 aromatic carbocycles. The molecule has 3 rings (SSSR count). The SMILES string of the molecule is CC[C@H](C(=O)NC(C)(C)C)N(Cc1cccc(OC)c1)C(=O)CN(c1cccc(C)c1C)S(=O)(=O)c1ccc(C)cc1. The van der Waals surface area contributed by atoms with Gasteiger partial charge in [0.1, 0.15) is 18.3 Å². The Bertz CT molecular complexity index is 1510. The van der Waals surface area contributed by atoms with E-state index in [2.05, 4.69) is 5.32 Å². The topological polar surface area (TPSA) is 96.0 Å². The number of methoxy groups -OCH3 is 1. The molecule has 0 unspecified atom stereocenters. The summed E-state index contributed by atoms with van der Waals surface area (Å²) in [5, 5.41) is 2.99. The van der Waals surface area contributed by atoms with E-state index in [4.69, 9.17) is 4.74 Å². The Kier molecular flexibility index (Phi) is 10.4. The standard InChI is InChI=1S/C33H43N3O5S/c1-9-29(32(38)34-33(5,6)7)35(21-26-13-11-14-27(20-26)41-8)31(37)22-36(30-15-10-12-24(3)25(30)4)42(39,40)28-18-16-23(2)17-19-28/h10-20,29H,9,21-22H2,1-8H3,(H,34,38)/t29-/m1/s1. The largest absolute Gasteiger partial charge is 0.497 e. The highest BCUT2D eigenvalue weighted by Gasteiger charge is 2.35. The fourth-order valence-corrected chi connectivity index (χ4v) is 6.17. The molecule has 0 saturated heterocycles. The van der Waals surface area contributed by atoms with Crippen LogP contribution in [0.3, 0.4) is 0 Å². The Balaban J connectivity index is 2.12.